The number of anilines is 1. The van der Waals surface area contributed by atoms with Crippen LogP contribution in [-0.2, 0) is 0 Å². The predicted octanol–water partition coefficient (Wildman–Crippen LogP) is 4.31. The first-order valence-corrected chi connectivity index (χ1v) is 7.88. The molecule has 0 saturated heterocycles. The van der Waals surface area contributed by atoms with Crippen molar-refractivity contribution in [1.82, 2.24) is 10.1 Å². The number of nitrogens with two attached hydrogens (primary N) is 1. The molecule has 1 aromatic heterocycles. The zero-order valence-corrected chi connectivity index (χ0v) is 12.8. The van der Waals surface area contributed by atoms with Gasteiger partial charge in [0, 0.05) is 11.6 Å². The topological polar surface area (TPSA) is 64.9 Å². The molecule has 1 heterocycles. The number of nitrogen functional groups attached to an aromatic ring is 1. The van der Waals surface area contributed by atoms with Gasteiger partial charge in [0.2, 0.25) is 0 Å². The van der Waals surface area contributed by atoms with E-state index < -0.39 is 0 Å². The highest BCUT2D eigenvalue weighted by Gasteiger charge is 2.25. The molecule has 0 aliphatic heterocycles. The molecule has 3 rings (SSSR count). The van der Waals surface area contributed by atoms with E-state index in [9.17, 15) is 0 Å². The SMILES string of the molecule is CCC1CCC(c2noc(-c3cccc(C)c3N)n2)CC1. The first-order chi connectivity index (χ1) is 10.2. The molecule has 0 bridgehead atoms. The molecule has 112 valence electrons. The molecule has 0 atom stereocenters. The lowest BCUT2D eigenvalue weighted by Gasteiger charge is -2.25. The molecule has 21 heavy (non-hydrogen) atoms. The third-order valence-electron chi connectivity index (χ3n) is 4.79. The fourth-order valence-electron chi connectivity index (χ4n) is 3.21. The van der Waals surface area contributed by atoms with E-state index in [4.69, 9.17) is 10.3 Å². The van der Waals surface area contributed by atoms with Crippen LogP contribution in [0.2, 0.25) is 0 Å². The predicted molar refractivity (Wildman–Crippen MR) is 83.9 cm³/mol. The monoisotopic (exact) mass is 285 g/mol. The number of aryl methyl sites for hydroxylation is 1. The third kappa shape index (κ3) is 2.80. The van der Waals surface area contributed by atoms with E-state index in [1.54, 1.807) is 0 Å². The maximum atomic E-state index is 6.11. The lowest BCUT2D eigenvalue weighted by molar-refractivity contribution is 0.305. The molecule has 0 unspecified atom stereocenters. The Balaban J connectivity index is 1.79. The van der Waals surface area contributed by atoms with Crippen molar-refractivity contribution in [2.24, 2.45) is 5.92 Å². The summed E-state index contributed by atoms with van der Waals surface area (Å²) in [6, 6.07) is 5.90. The van der Waals surface area contributed by atoms with E-state index in [0.717, 1.165) is 28.6 Å². The second-order valence-corrected chi connectivity index (χ2v) is 6.12. The molecular formula is C17H23N3O. The number of benzene rings is 1. The number of aromatic nitrogens is 2. The Kier molecular flexibility index (Phi) is 3.95. The number of rotatable bonds is 3. The van der Waals surface area contributed by atoms with Gasteiger partial charge < -0.3 is 10.3 Å². The van der Waals surface area contributed by atoms with Crippen LogP contribution in [0, 0.1) is 12.8 Å². The Morgan fingerprint density at radius 1 is 1.24 bits per heavy atom. The molecule has 2 N–H and O–H groups in total. The summed E-state index contributed by atoms with van der Waals surface area (Å²) in [7, 11) is 0. The van der Waals surface area contributed by atoms with Crippen LogP contribution in [0.5, 0.6) is 0 Å². The van der Waals surface area contributed by atoms with Gasteiger partial charge in [0.25, 0.3) is 5.89 Å². The van der Waals surface area contributed by atoms with Crippen LogP contribution in [0.3, 0.4) is 0 Å². The van der Waals surface area contributed by atoms with Crippen molar-refractivity contribution in [1.29, 1.82) is 0 Å². The van der Waals surface area contributed by atoms with Gasteiger partial charge in [-0.3, -0.25) is 0 Å². The van der Waals surface area contributed by atoms with Crippen LogP contribution in [0.4, 0.5) is 5.69 Å². The lowest BCUT2D eigenvalue weighted by atomic mass is 9.80. The van der Waals surface area contributed by atoms with Gasteiger partial charge >= 0.3 is 0 Å². The second kappa shape index (κ2) is 5.88. The summed E-state index contributed by atoms with van der Waals surface area (Å²) in [5, 5.41) is 4.20. The van der Waals surface area contributed by atoms with Crippen LogP contribution in [0.25, 0.3) is 11.5 Å². The van der Waals surface area contributed by atoms with Crippen molar-refractivity contribution in [3.8, 4) is 11.5 Å². The fourth-order valence-corrected chi connectivity index (χ4v) is 3.21. The van der Waals surface area contributed by atoms with E-state index >= 15 is 0 Å². The standard InChI is InChI=1S/C17H23N3O/c1-3-12-7-9-13(10-8-12)16-19-17(21-20-16)14-6-4-5-11(2)15(14)18/h4-6,12-13H,3,7-10,18H2,1-2H3. The van der Waals surface area contributed by atoms with Crippen LogP contribution in [0.1, 0.15) is 56.3 Å². The zero-order valence-electron chi connectivity index (χ0n) is 12.8. The highest BCUT2D eigenvalue weighted by Crippen LogP contribution is 2.36. The molecule has 0 amide bonds. The van der Waals surface area contributed by atoms with E-state index in [0.29, 0.717) is 11.8 Å². The molecule has 1 fully saturated rings. The molecule has 2 aromatic rings. The van der Waals surface area contributed by atoms with Gasteiger partial charge in [0.1, 0.15) is 0 Å². The number of hydrogen-bond acceptors (Lipinski definition) is 4. The van der Waals surface area contributed by atoms with E-state index in [2.05, 4.69) is 17.1 Å². The highest BCUT2D eigenvalue weighted by molar-refractivity contribution is 5.73. The summed E-state index contributed by atoms with van der Waals surface area (Å²) in [4.78, 5) is 4.60. The summed E-state index contributed by atoms with van der Waals surface area (Å²) in [6.45, 7) is 4.26. The summed E-state index contributed by atoms with van der Waals surface area (Å²) >= 11 is 0. The number of nitrogens with zero attached hydrogens (tertiary/aromatic N) is 2. The minimum Gasteiger partial charge on any atom is -0.398 e. The van der Waals surface area contributed by atoms with Gasteiger partial charge in [-0.25, -0.2) is 0 Å². The van der Waals surface area contributed by atoms with Crippen molar-refractivity contribution >= 4 is 5.69 Å². The molecule has 0 spiro atoms. The normalized spacial score (nSPS) is 22.4. The van der Waals surface area contributed by atoms with Crippen molar-refractivity contribution in [2.75, 3.05) is 5.73 Å². The minimum atomic E-state index is 0.441. The van der Waals surface area contributed by atoms with E-state index in [-0.39, 0.29) is 0 Å². The van der Waals surface area contributed by atoms with Gasteiger partial charge in [0.15, 0.2) is 5.82 Å². The molecule has 4 nitrogen and oxygen atoms in total. The molecule has 1 aliphatic rings. The van der Waals surface area contributed by atoms with E-state index in [1.165, 1.54) is 32.1 Å². The first kappa shape index (κ1) is 14.1. The minimum absolute atomic E-state index is 0.441. The van der Waals surface area contributed by atoms with Crippen molar-refractivity contribution < 1.29 is 4.52 Å². The van der Waals surface area contributed by atoms with E-state index in [1.807, 2.05) is 25.1 Å². The molecule has 4 heteroatoms. The van der Waals surface area contributed by atoms with Crippen LogP contribution >= 0.6 is 0 Å². The van der Waals surface area contributed by atoms with Crippen LogP contribution in [0.15, 0.2) is 22.7 Å². The Morgan fingerprint density at radius 2 is 2.00 bits per heavy atom. The Bertz CT molecular complexity index is 612. The zero-order chi connectivity index (χ0) is 14.8. The van der Waals surface area contributed by atoms with Gasteiger partial charge in [0.05, 0.1) is 5.56 Å². The molecule has 1 saturated carbocycles. The van der Waals surface area contributed by atoms with Gasteiger partial charge in [-0.2, -0.15) is 4.98 Å². The summed E-state index contributed by atoms with van der Waals surface area (Å²) < 4.78 is 5.45. The first-order valence-electron chi connectivity index (χ1n) is 7.88. The Hall–Kier alpha value is -1.84. The molecule has 0 radical (unpaired) electrons. The lowest BCUT2D eigenvalue weighted by Crippen LogP contribution is -2.13. The van der Waals surface area contributed by atoms with Crippen molar-refractivity contribution in [3.63, 3.8) is 0 Å². The maximum Gasteiger partial charge on any atom is 0.260 e. The number of hydrogen-bond donors (Lipinski definition) is 1. The van der Waals surface area contributed by atoms with Crippen LogP contribution in [-0.4, -0.2) is 10.1 Å². The smallest absolute Gasteiger partial charge is 0.260 e. The van der Waals surface area contributed by atoms with Gasteiger partial charge in [-0.1, -0.05) is 30.6 Å². The second-order valence-electron chi connectivity index (χ2n) is 6.12. The average Bonchev–Trinajstić information content (AvgIpc) is 3.00. The van der Waals surface area contributed by atoms with Crippen molar-refractivity contribution in [2.45, 2.75) is 51.9 Å². The van der Waals surface area contributed by atoms with Crippen LogP contribution < -0.4 is 5.73 Å². The average molecular weight is 285 g/mol. The molecular weight excluding hydrogens is 262 g/mol. The summed E-state index contributed by atoms with van der Waals surface area (Å²) in [5.74, 6) is 2.71. The Labute approximate surface area is 125 Å². The number of para-hydroxylation sites is 1. The third-order valence-corrected chi connectivity index (χ3v) is 4.79. The van der Waals surface area contributed by atoms with Crippen molar-refractivity contribution in [3.05, 3.63) is 29.6 Å². The molecule has 1 aromatic carbocycles. The largest absolute Gasteiger partial charge is 0.398 e. The quantitative estimate of drug-likeness (QED) is 0.853. The Morgan fingerprint density at radius 3 is 2.71 bits per heavy atom. The summed E-state index contributed by atoms with van der Waals surface area (Å²) in [5.41, 5.74) is 8.72. The highest BCUT2D eigenvalue weighted by atomic mass is 16.5. The maximum absolute atomic E-state index is 6.11. The van der Waals surface area contributed by atoms with Gasteiger partial charge in [-0.05, 0) is 50.2 Å². The summed E-state index contributed by atoms with van der Waals surface area (Å²) in [6.07, 6.45) is 6.17. The fraction of sp³-hybridized carbons (Fsp3) is 0.529. The molecule has 1 aliphatic carbocycles. The van der Waals surface area contributed by atoms with Gasteiger partial charge in [-0.15, -0.1) is 0 Å².